The second-order valence-electron chi connectivity index (χ2n) is 16.1. The van der Waals surface area contributed by atoms with Crippen molar-refractivity contribution in [3.63, 3.8) is 0 Å². The molecular weight excluding hydrogens is 765 g/mol. The Morgan fingerprint density at radius 1 is 0.317 bits per heavy atom. The lowest BCUT2D eigenvalue weighted by atomic mass is 9.96. The summed E-state index contributed by atoms with van der Waals surface area (Å²) in [7, 11) is 0. The van der Waals surface area contributed by atoms with Crippen LogP contribution in [-0.4, -0.2) is 4.57 Å². The van der Waals surface area contributed by atoms with Gasteiger partial charge < -0.3 is 13.9 Å². The van der Waals surface area contributed by atoms with Crippen LogP contribution in [0.25, 0.3) is 93.9 Å². The third-order valence-corrected chi connectivity index (χ3v) is 12.4. The highest BCUT2D eigenvalue weighted by Gasteiger charge is 2.22. The van der Waals surface area contributed by atoms with E-state index in [0.717, 1.165) is 72.5 Å². The summed E-state index contributed by atoms with van der Waals surface area (Å²) in [6, 6.07) is 87.1. The molecule has 0 fully saturated rings. The van der Waals surface area contributed by atoms with E-state index >= 15 is 0 Å². The number of benzene rings is 10. The molecule has 2 aromatic heterocycles. The molecule has 63 heavy (non-hydrogen) atoms. The minimum atomic E-state index is 0.885. The molecule has 0 N–H and O–H groups in total. The first kappa shape index (κ1) is 36.5. The maximum atomic E-state index is 6.64. The van der Waals surface area contributed by atoms with Crippen LogP contribution in [0.3, 0.4) is 0 Å². The number of anilines is 3. The molecule has 0 unspecified atom stereocenters. The first-order valence-electron chi connectivity index (χ1n) is 21.5. The molecule has 2 heterocycles. The molecule has 0 bridgehead atoms. The number of nitrogens with zero attached hydrogens (tertiary/aromatic N) is 2. The summed E-state index contributed by atoms with van der Waals surface area (Å²) >= 11 is 0. The third-order valence-electron chi connectivity index (χ3n) is 12.4. The smallest absolute Gasteiger partial charge is 0.143 e. The zero-order chi connectivity index (χ0) is 41.7. The molecule has 0 radical (unpaired) electrons. The summed E-state index contributed by atoms with van der Waals surface area (Å²) in [5.74, 6) is 0. The van der Waals surface area contributed by atoms with Crippen LogP contribution in [0.1, 0.15) is 0 Å². The van der Waals surface area contributed by atoms with Crippen LogP contribution in [0.5, 0.6) is 0 Å². The van der Waals surface area contributed by atoms with Gasteiger partial charge in [0, 0.05) is 49.6 Å². The fraction of sp³-hybridized carbons (Fsp3) is 0. The van der Waals surface area contributed by atoms with Crippen molar-refractivity contribution in [3.05, 3.63) is 243 Å². The van der Waals surface area contributed by atoms with Crippen molar-refractivity contribution < 1.29 is 4.42 Å². The van der Waals surface area contributed by atoms with E-state index in [1.807, 2.05) is 6.07 Å². The molecule has 0 saturated heterocycles. The highest BCUT2D eigenvalue weighted by Crippen LogP contribution is 2.46. The van der Waals surface area contributed by atoms with Gasteiger partial charge in [0.25, 0.3) is 0 Å². The normalized spacial score (nSPS) is 11.5. The highest BCUT2D eigenvalue weighted by molar-refractivity contribution is 6.11. The fourth-order valence-corrected chi connectivity index (χ4v) is 9.48. The van der Waals surface area contributed by atoms with Crippen molar-refractivity contribution in [3.8, 4) is 50.2 Å². The van der Waals surface area contributed by atoms with Crippen LogP contribution >= 0.6 is 0 Å². The van der Waals surface area contributed by atoms with Gasteiger partial charge in [0.1, 0.15) is 11.2 Å². The molecule has 10 aromatic carbocycles. The average molecular weight is 805 g/mol. The van der Waals surface area contributed by atoms with E-state index < -0.39 is 0 Å². The number of aromatic nitrogens is 1. The lowest BCUT2D eigenvalue weighted by molar-refractivity contribution is 0.670. The zero-order valence-electron chi connectivity index (χ0n) is 34.4. The van der Waals surface area contributed by atoms with Crippen molar-refractivity contribution in [2.75, 3.05) is 4.90 Å². The molecule has 3 heteroatoms. The Morgan fingerprint density at radius 2 is 0.857 bits per heavy atom. The molecule has 12 rings (SSSR count). The summed E-state index contributed by atoms with van der Waals surface area (Å²) in [6.45, 7) is 0. The number of para-hydroxylation sites is 5. The van der Waals surface area contributed by atoms with Crippen molar-refractivity contribution >= 4 is 60.8 Å². The van der Waals surface area contributed by atoms with Gasteiger partial charge in [0.15, 0.2) is 0 Å². The summed E-state index contributed by atoms with van der Waals surface area (Å²) < 4.78 is 9.08. The summed E-state index contributed by atoms with van der Waals surface area (Å²) in [4.78, 5) is 2.39. The third kappa shape index (κ3) is 6.29. The number of fused-ring (bicyclic) bond motifs is 6. The number of furan rings is 1. The van der Waals surface area contributed by atoms with Gasteiger partial charge in [-0.15, -0.1) is 0 Å². The second-order valence-corrected chi connectivity index (χ2v) is 16.1. The van der Waals surface area contributed by atoms with Gasteiger partial charge in [-0.05, 0) is 82.4 Å². The van der Waals surface area contributed by atoms with E-state index in [9.17, 15) is 0 Å². The Hall–Kier alpha value is -8.40. The van der Waals surface area contributed by atoms with E-state index in [0.29, 0.717) is 0 Å². The summed E-state index contributed by atoms with van der Waals surface area (Å²) in [5.41, 5.74) is 17.6. The predicted molar refractivity (Wildman–Crippen MR) is 264 cm³/mol. The molecule has 0 aliphatic carbocycles. The van der Waals surface area contributed by atoms with Gasteiger partial charge in [-0.1, -0.05) is 188 Å². The van der Waals surface area contributed by atoms with Crippen LogP contribution in [0.4, 0.5) is 17.1 Å². The number of hydrogen-bond donors (Lipinski definition) is 0. The van der Waals surface area contributed by atoms with E-state index in [1.165, 1.54) is 38.5 Å². The monoisotopic (exact) mass is 804 g/mol. The topological polar surface area (TPSA) is 21.3 Å². The quantitative estimate of drug-likeness (QED) is 0.153. The van der Waals surface area contributed by atoms with E-state index in [2.05, 4.69) is 246 Å². The molecule has 0 aliphatic heterocycles. The van der Waals surface area contributed by atoms with Crippen molar-refractivity contribution in [1.29, 1.82) is 0 Å². The predicted octanol–water partition coefficient (Wildman–Crippen LogP) is 16.8. The Balaban J connectivity index is 1.05. The summed E-state index contributed by atoms with van der Waals surface area (Å²) in [6.07, 6.45) is 0. The van der Waals surface area contributed by atoms with Gasteiger partial charge in [-0.3, -0.25) is 0 Å². The molecular formula is C60H40N2O. The Morgan fingerprint density at radius 3 is 1.59 bits per heavy atom. The molecule has 0 amide bonds. The highest BCUT2D eigenvalue weighted by atomic mass is 16.3. The van der Waals surface area contributed by atoms with Crippen LogP contribution < -0.4 is 4.90 Å². The first-order chi connectivity index (χ1) is 31.3. The van der Waals surface area contributed by atoms with Gasteiger partial charge in [0.2, 0.25) is 0 Å². The number of rotatable bonds is 8. The molecule has 3 nitrogen and oxygen atoms in total. The largest absolute Gasteiger partial charge is 0.455 e. The van der Waals surface area contributed by atoms with Crippen LogP contribution in [-0.2, 0) is 0 Å². The van der Waals surface area contributed by atoms with E-state index in [-0.39, 0.29) is 0 Å². The maximum Gasteiger partial charge on any atom is 0.143 e. The van der Waals surface area contributed by atoms with Crippen LogP contribution in [0.2, 0.25) is 0 Å². The number of hydrogen-bond acceptors (Lipinski definition) is 2. The van der Waals surface area contributed by atoms with Gasteiger partial charge >= 0.3 is 0 Å². The van der Waals surface area contributed by atoms with E-state index in [4.69, 9.17) is 4.42 Å². The second kappa shape index (κ2) is 15.3. The fourth-order valence-electron chi connectivity index (χ4n) is 9.48. The Labute approximate surface area is 366 Å². The van der Waals surface area contributed by atoms with Crippen molar-refractivity contribution in [1.82, 2.24) is 4.57 Å². The lowest BCUT2D eigenvalue weighted by Crippen LogP contribution is -2.11. The molecule has 296 valence electrons. The molecule has 0 atom stereocenters. The molecule has 0 saturated carbocycles. The Kier molecular flexibility index (Phi) is 8.83. The van der Waals surface area contributed by atoms with Crippen molar-refractivity contribution in [2.24, 2.45) is 0 Å². The zero-order valence-corrected chi connectivity index (χ0v) is 34.4. The first-order valence-corrected chi connectivity index (χ1v) is 21.5. The minimum absolute atomic E-state index is 0.885. The lowest BCUT2D eigenvalue weighted by Gasteiger charge is -2.28. The molecule has 0 spiro atoms. The van der Waals surface area contributed by atoms with E-state index in [1.54, 1.807) is 0 Å². The SMILES string of the molecule is c1ccc(-c2cccc(N(c3ccc(-c4ccc(-c5ccccc5)cc4-n4c5ccccc5c5ccccc54)cc3)c3ccccc3-c3cccc4c3oc3ccccc34)c2)cc1. The minimum Gasteiger partial charge on any atom is -0.455 e. The van der Waals surface area contributed by atoms with Gasteiger partial charge in [-0.25, -0.2) is 0 Å². The maximum absolute atomic E-state index is 6.64. The average Bonchev–Trinajstić information content (AvgIpc) is 3.91. The van der Waals surface area contributed by atoms with Gasteiger partial charge in [-0.2, -0.15) is 0 Å². The standard InChI is InChI=1S/C60H40N2O/c1-3-17-41(18-4-1)44-21-15-22-47(39-44)61(55-29-11-9-25-51(55)53-27-16-28-54-52-26-10-14-32-59(52)63-60(53)54)46-36-33-43(34-37-46)48-38-35-45(42-19-5-2-6-20-42)40-58(48)62-56-30-12-7-23-49(56)50-24-8-13-31-57(50)62/h1-40H. The summed E-state index contributed by atoms with van der Waals surface area (Å²) in [5, 5.41) is 4.71. The van der Waals surface area contributed by atoms with Crippen LogP contribution in [0, 0.1) is 0 Å². The van der Waals surface area contributed by atoms with Crippen LogP contribution in [0.15, 0.2) is 247 Å². The van der Waals surface area contributed by atoms with Crippen molar-refractivity contribution in [2.45, 2.75) is 0 Å². The molecule has 12 aromatic rings. The Bertz CT molecular complexity index is 3570. The molecule has 0 aliphatic rings. The van der Waals surface area contributed by atoms with Gasteiger partial charge in [0.05, 0.1) is 22.4 Å².